The van der Waals surface area contributed by atoms with E-state index in [1.54, 1.807) is 11.8 Å². The zero-order valence-electron chi connectivity index (χ0n) is 9.03. The smallest absolute Gasteiger partial charge is 0.0589 e. The van der Waals surface area contributed by atoms with Crippen LogP contribution in [0.1, 0.15) is 5.56 Å². The maximum absolute atomic E-state index is 5.72. The van der Waals surface area contributed by atoms with E-state index in [2.05, 4.69) is 6.92 Å². The minimum Gasteiger partial charge on any atom is -0.399 e. The molecule has 1 aromatic carbocycles. The molecule has 0 spiro atoms. The van der Waals surface area contributed by atoms with Gasteiger partial charge in [-0.15, -0.1) is 11.8 Å². The molecular formula is C11H18N2OS. The number of hydrogen-bond donors (Lipinski definition) is 2. The fourth-order valence-corrected chi connectivity index (χ4v) is 2.10. The summed E-state index contributed by atoms with van der Waals surface area (Å²) < 4.78 is 5.30. The first-order valence-electron chi connectivity index (χ1n) is 5.01. The predicted molar refractivity (Wildman–Crippen MR) is 66.2 cm³/mol. The summed E-state index contributed by atoms with van der Waals surface area (Å²) in [6.07, 6.45) is 0. The van der Waals surface area contributed by atoms with E-state index < -0.39 is 0 Å². The van der Waals surface area contributed by atoms with Gasteiger partial charge >= 0.3 is 0 Å². The fraction of sp³-hybridized carbons (Fsp3) is 0.455. The van der Waals surface area contributed by atoms with Gasteiger partial charge in [0, 0.05) is 22.9 Å². The van der Waals surface area contributed by atoms with Gasteiger partial charge in [-0.05, 0) is 24.6 Å². The molecular weight excluding hydrogens is 208 g/mol. The highest BCUT2D eigenvalue weighted by atomic mass is 32.2. The molecule has 0 unspecified atom stereocenters. The molecule has 0 aliphatic heterocycles. The average Bonchev–Trinajstić information content (AvgIpc) is 2.23. The Balaban J connectivity index is 2.33. The van der Waals surface area contributed by atoms with Crippen LogP contribution in [0.5, 0.6) is 0 Å². The van der Waals surface area contributed by atoms with Crippen molar-refractivity contribution in [1.82, 2.24) is 0 Å². The number of anilines is 1. The van der Waals surface area contributed by atoms with Gasteiger partial charge in [0.2, 0.25) is 0 Å². The molecule has 0 radical (unpaired) electrons. The summed E-state index contributed by atoms with van der Waals surface area (Å²) in [5.41, 5.74) is 13.1. The van der Waals surface area contributed by atoms with Crippen LogP contribution in [0, 0.1) is 6.92 Å². The van der Waals surface area contributed by atoms with E-state index in [-0.39, 0.29) is 0 Å². The van der Waals surface area contributed by atoms with Crippen molar-refractivity contribution in [3.63, 3.8) is 0 Å². The Labute approximate surface area is 95.2 Å². The van der Waals surface area contributed by atoms with E-state index >= 15 is 0 Å². The molecule has 1 rings (SSSR count). The molecule has 0 atom stereocenters. The van der Waals surface area contributed by atoms with Crippen molar-refractivity contribution in [2.45, 2.75) is 11.8 Å². The number of rotatable bonds is 6. The van der Waals surface area contributed by atoms with Gasteiger partial charge in [0.15, 0.2) is 0 Å². The Hall–Kier alpha value is -0.710. The van der Waals surface area contributed by atoms with Crippen LogP contribution in [0.4, 0.5) is 5.69 Å². The van der Waals surface area contributed by atoms with Crippen LogP contribution in [0.15, 0.2) is 23.1 Å². The molecule has 3 nitrogen and oxygen atoms in total. The van der Waals surface area contributed by atoms with E-state index in [4.69, 9.17) is 16.2 Å². The number of benzene rings is 1. The zero-order chi connectivity index (χ0) is 11.1. The Morgan fingerprint density at radius 2 is 2.13 bits per heavy atom. The minimum atomic E-state index is 0.585. The molecule has 0 heterocycles. The van der Waals surface area contributed by atoms with E-state index in [1.165, 1.54) is 10.5 Å². The molecule has 0 fully saturated rings. The normalized spacial score (nSPS) is 10.5. The predicted octanol–water partition coefficient (Wildman–Crippen LogP) is 1.64. The number of nitrogens with two attached hydrogens (primary N) is 2. The summed E-state index contributed by atoms with van der Waals surface area (Å²) in [6, 6.07) is 5.96. The molecule has 0 bridgehead atoms. The molecule has 84 valence electrons. The van der Waals surface area contributed by atoms with Crippen LogP contribution in [-0.2, 0) is 4.74 Å². The topological polar surface area (TPSA) is 61.3 Å². The molecule has 4 N–H and O–H groups in total. The van der Waals surface area contributed by atoms with Gasteiger partial charge in [0.1, 0.15) is 0 Å². The Bertz CT molecular complexity index is 305. The first kappa shape index (κ1) is 12.4. The van der Waals surface area contributed by atoms with Gasteiger partial charge in [-0.25, -0.2) is 0 Å². The lowest BCUT2D eigenvalue weighted by molar-refractivity contribution is 0.158. The molecule has 0 amide bonds. The van der Waals surface area contributed by atoms with Gasteiger partial charge in [0.25, 0.3) is 0 Å². The summed E-state index contributed by atoms with van der Waals surface area (Å²) in [5, 5.41) is 0. The number of nitrogen functional groups attached to an aromatic ring is 1. The van der Waals surface area contributed by atoms with Crippen LogP contribution < -0.4 is 11.5 Å². The van der Waals surface area contributed by atoms with Crippen molar-refractivity contribution in [2.75, 3.05) is 31.2 Å². The highest BCUT2D eigenvalue weighted by Crippen LogP contribution is 2.24. The summed E-state index contributed by atoms with van der Waals surface area (Å²) in [7, 11) is 0. The van der Waals surface area contributed by atoms with Gasteiger partial charge < -0.3 is 16.2 Å². The first-order valence-corrected chi connectivity index (χ1v) is 5.99. The van der Waals surface area contributed by atoms with Gasteiger partial charge in [-0.3, -0.25) is 0 Å². The Morgan fingerprint density at radius 3 is 2.87 bits per heavy atom. The van der Waals surface area contributed by atoms with Crippen molar-refractivity contribution in [2.24, 2.45) is 5.73 Å². The number of hydrogen-bond acceptors (Lipinski definition) is 4. The van der Waals surface area contributed by atoms with Gasteiger partial charge in [-0.2, -0.15) is 0 Å². The van der Waals surface area contributed by atoms with Crippen LogP contribution in [0.3, 0.4) is 0 Å². The zero-order valence-corrected chi connectivity index (χ0v) is 9.85. The Morgan fingerprint density at radius 1 is 1.33 bits per heavy atom. The van der Waals surface area contributed by atoms with Crippen molar-refractivity contribution in [1.29, 1.82) is 0 Å². The second-order valence-electron chi connectivity index (χ2n) is 3.27. The fourth-order valence-electron chi connectivity index (χ4n) is 1.17. The van der Waals surface area contributed by atoms with E-state index in [0.717, 1.165) is 18.0 Å². The third-order valence-electron chi connectivity index (χ3n) is 1.96. The van der Waals surface area contributed by atoms with E-state index in [9.17, 15) is 0 Å². The van der Waals surface area contributed by atoms with Crippen LogP contribution in [0.25, 0.3) is 0 Å². The lowest BCUT2D eigenvalue weighted by atomic mass is 10.2. The Kier molecular flexibility index (Phi) is 5.53. The van der Waals surface area contributed by atoms with E-state index in [1.807, 2.05) is 18.2 Å². The third kappa shape index (κ3) is 4.55. The highest BCUT2D eigenvalue weighted by Gasteiger charge is 1.99. The largest absolute Gasteiger partial charge is 0.399 e. The van der Waals surface area contributed by atoms with Crippen LogP contribution in [-0.4, -0.2) is 25.5 Å². The number of aryl methyl sites for hydroxylation is 1. The molecule has 15 heavy (non-hydrogen) atoms. The summed E-state index contributed by atoms with van der Waals surface area (Å²) in [5.74, 6) is 0.935. The molecule has 0 aromatic heterocycles. The van der Waals surface area contributed by atoms with Crippen molar-refractivity contribution < 1.29 is 4.74 Å². The van der Waals surface area contributed by atoms with Gasteiger partial charge in [0.05, 0.1) is 13.2 Å². The second kappa shape index (κ2) is 6.71. The lowest BCUT2D eigenvalue weighted by Crippen LogP contribution is -2.09. The van der Waals surface area contributed by atoms with Crippen LogP contribution >= 0.6 is 11.8 Å². The maximum atomic E-state index is 5.72. The molecule has 4 heteroatoms. The maximum Gasteiger partial charge on any atom is 0.0589 e. The number of thioether (sulfide) groups is 1. The molecule has 0 aliphatic carbocycles. The molecule has 0 saturated carbocycles. The number of ether oxygens (including phenoxy) is 1. The molecule has 1 aromatic rings. The van der Waals surface area contributed by atoms with Crippen molar-refractivity contribution in [3.8, 4) is 0 Å². The molecule has 0 aliphatic rings. The minimum absolute atomic E-state index is 0.585. The van der Waals surface area contributed by atoms with Crippen molar-refractivity contribution >= 4 is 17.4 Å². The highest BCUT2D eigenvalue weighted by molar-refractivity contribution is 7.99. The summed E-state index contributed by atoms with van der Waals surface area (Å²) >= 11 is 1.77. The summed E-state index contributed by atoms with van der Waals surface area (Å²) in [4.78, 5) is 1.23. The van der Waals surface area contributed by atoms with Gasteiger partial charge in [-0.1, -0.05) is 6.07 Å². The molecule has 0 saturated heterocycles. The summed E-state index contributed by atoms with van der Waals surface area (Å²) in [6.45, 7) is 4.04. The quantitative estimate of drug-likeness (QED) is 0.440. The average molecular weight is 226 g/mol. The standard InChI is InChI=1S/C11H18N2OS/c1-9-2-3-10(13)8-11(9)15-7-6-14-5-4-12/h2-3,8H,4-7,12-13H2,1H3. The SMILES string of the molecule is Cc1ccc(N)cc1SCCOCCN. The monoisotopic (exact) mass is 226 g/mol. The third-order valence-corrected chi connectivity index (χ3v) is 3.08. The second-order valence-corrected chi connectivity index (χ2v) is 4.41. The van der Waals surface area contributed by atoms with Crippen LogP contribution in [0.2, 0.25) is 0 Å². The first-order chi connectivity index (χ1) is 7.24. The lowest BCUT2D eigenvalue weighted by Gasteiger charge is -2.06. The van der Waals surface area contributed by atoms with Crippen molar-refractivity contribution in [3.05, 3.63) is 23.8 Å². The van der Waals surface area contributed by atoms with E-state index in [0.29, 0.717) is 13.2 Å².